The van der Waals surface area contributed by atoms with Crippen LogP contribution in [-0.2, 0) is 10.2 Å². The number of aryl methyl sites for hydroxylation is 1. The Balaban J connectivity index is 1.75. The molecule has 0 saturated carbocycles. The molecule has 168 valence electrons. The number of unbranched alkanes of at least 4 members (excludes halogenated alkanes) is 1. The van der Waals surface area contributed by atoms with Crippen molar-refractivity contribution in [2.45, 2.75) is 59.8 Å². The normalized spacial score (nSPS) is 11.8. The number of nitrogens with zero attached hydrogens (tertiary/aromatic N) is 2. The average molecular weight is 431 g/mol. The summed E-state index contributed by atoms with van der Waals surface area (Å²) in [6.07, 6.45) is 3.77. The zero-order valence-electron chi connectivity index (χ0n) is 20.1. The first-order valence-corrected chi connectivity index (χ1v) is 11.3. The lowest BCUT2D eigenvalue weighted by atomic mass is 9.87. The summed E-state index contributed by atoms with van der Waals surface area (Å²) in [6, 6.07) is 18.1. The van der Waals surface area contributed by atoms with Gasteiger partial charge in [-0.3, -0.25) is 4.99 Å². The van der Waals surface area contributed by atoms with Crippen LogP contribution < -0.4 is 0 Å². The Bertz CT molecular complexity index is 1080. The maximum Gasteiger partial charge on any atom is 0.338 e. The number of hydrogen-bond acceptors (Lipinski definition) is 3. The fourth-order valence-electron chi connectivity index (χ4n) is 3.65. The summed E-state index contributed by atoms with van der Waals surface area (Å²) in [5.74, 6) is -0.282. The van der Waals surface area contributed by atoms with Crippen LogP contribution >= 0.6 is 0 Å². The lowest BCUT2D eigenvalue weighted by molar-refractivity contribution is 0.0500. The van der Waals surface area contributed by atoms with Gasteiger partial charge in [-0.25, -0.2) is 4.79 Å². The highest BCUT2D eigenvalue weighted by Crippen LogP contribution is 2.26. The van der Waals surface area contributed by atoms with Crippen molar-refractivity contribution in [2.75, 3.05) is 6.61 Å². The van der Waals surface area contributed by atoms with Gasteiger partial charge in [0.2, 0.25) is 0 Å². The number of ether oxygens (including phenoxy) is 1. The fraction of sp³-hybridized carbons (Fsp3) is 0.357. The minimum atomic E-state index is -0.282. The van der Waals surface area contributed by atoms with E-state index in [1.165, 1.54) is 5.56 Å². The van der Waals surface area contributed by atoms with E-state index in [2.05, 4.69) is 81.4 Å². The number of carbonyl (C=O) groups is 1. The van der Waals surface area contributed by atoms with Crippen LogP contribution in [0.3, 0.4) is 0 Å². The van der Waals surface area contributed by atoms with E-state index in [-0.39, 0.29) is 11.4 Å². The van der Waals surface area contributed by atoms with Gasteiger partial charge >= 0.3 is 5.97 Å². The maximum absolute atomic E-state index is 12.0. The van der Waals surface area contributed by atoms with Crippen molar-refractivity contribution in [1.29, 1.82) is 0 Å². The third-order valence-electron chi connectivity index (χ3n) is 5.65. The van der Waals surface area contributed by atoms with Gasteiger partial charge in [0, 0.05) is 28.9 Å². The van der Waals surface area contributed by atoms with Crippen LogP contribution in [0.1, 0.15) is 73.4 Å². The second-order valence-corrected chi connectivity index (χ2v) is 9.25. The third-order valence-corrected chi connectivity index (χ3v) is 5.65. The number of esters is 1. The molecule has 1 heterocycles. The summed E-state index contributed by atoms with van der Waals surface area (Å²) in [4.78, 5) is 16.7. The summed E-state index contributed by atoms with van der Waals surface area (Å²) in [5, 5.41) is 0. The third kappa shape index (κ3) is 5.56. The molecule has 0 atom stereocenters. The Labute approximate surface area is 192 Å². The van der Waals surface area contributed by atoms with Gasteiger partial charge in [-0.1, -0.05) is 46.2 Å². The highest BCUT2D eigenvalue weighted by Gasteiger charge is 2.14. The van der Waals surface area contributed by atoms with Gasteiger partial charge in [0.25, 0.3) is 0 Å². The van der Waals surface area contributed by atoms with Crippen LogP contribution in [0.4, 0.5) is 5.69 Å². The predicted octanol–water partition coefficient (Wildman–Crippen LogP) is 7.10. The molecule has 0 spiro atoms. The molecule has 0 unspecified atom stereocenters. The molecule has 2 aromatic carbocycles. The van der Waals surface area contributed by atoms with Gasteiger partial charge in [0.1, 0.15) is 0 Å². The molecule has 0 bridgehead atoms. The summed E-state index contributed by atoms with van der Waals surface area (Å²) >= 11 is 0. The molecule has 0 amide bonds. The predicted molar refractivity (Wildman–Crippen MR) is 133 cm³/mol. The molecule has 32 heavy (non-hydrogen) atoms. The van der Waals surface area contributed by atoms with E-state index in [9.17, 15) is 4.79 Å². The molecule has 0 fully saturated rings. The minimum Gasteiger partial charge on any atom is -0.462 e. The minimum absolute atomic E-state index is 0.138. The molecular weight excluding hydrogens is 396 g/mol. The van der Waals surface area contributed by atoms with Gasteiger partial charge in [0.15, 0.2) is 0 Å². The second kappa shape index (κ2) is 9.99. The van der Waals surface area contributed by atoms with Crippen LogP contribution in [0, 0.1) is 13.8 Å². The summed E-state index contributed by atoms with van der Waals surface area (Å²) in [7, 11) is 0. The number of carbonyl (C=O) groups excluding carboxylic acids is 1. The summed E-state index contributed by atoms with van der Waals surface area (Å²) < 4.78 is 7.51. The van der Waals surface area contributed by atoms with Gasteiger partial charge < -0.3 is 9.30 Å². The van der Waals surface area contributed by atoms with Gasteiger partial charge in [0.05, 0.1) is 17.9 Å². The molecule has 4 heteroatoms. The standard InChI is InChI=1S/C28H34N2O2/c1-7-8-17-32-27(31)22-9-13-25(14-10-22)29-19-23-18-20(2)30(21(23)3)26-15-11-24(12-16-26)28(4,5)6/h9-16,18-19H,7-8,17H2,1-6H3. The van der Waals surface area contributed by atoms with E-state index < -0.39 is 0 Å². The Morgan fingerprint density at radius 1 is 1.03 bits per heavy atom. The van der Waals surface area contributed by atoms with E-state index in [1.807, 2.05) is 18.3 Å². The van der Waals surface area contributed by atoms with E-state index in [1.54, 1.807) is 12.1 Å². The molecular formula is C28H34N2O2. The zero-order chi connectivity index (χ0) is 23.3. The van der Waals surface area contributed by atoms with Crippen LogP contribution in [0.25, 0.3) is 5.69 Å². The summed E-state index contributed by atoms with van der Waals surface area (Å²) in [6.45, 7) is 13.4. The highest BCUT2D eigenvalue weighted by atomic mass is 16.5. The summed E-state index contributed by atoms with van der Waals surface area (Å²) in [5.41, 5.74) is 7.35. The average Bonchev–Trinajstić information content (AvgIpc) is 3.05. The van der Waals surface area contributed by atoms with Crippen molar-refractivity contribution < 1.29 is 9.53 Å². The Kier molecular flexibility index (Phi) is 7.34. The SMILES string of the molecule is CCCCOC(=O)c1ccc(N=Cc2cc(C)n(-c3ccc(C(C)(C)C)cc3)c2C)cc1. The van der Waals surface area contributed by atoms with Gasteiger partial charge in [-0.05, 0) is 73.7 Å². The van der Waals surface area contributed by atoms with E-state index in [4.69, 9.17) is 4.74 Å². The Hall–Kier alpha value is -3.14. The number of rotatable bonds is 7. The van der Waals surface area contributed by atoms with Crippen molar-refractivity contribution in [2.24, 2.45) is 4.99 Å². The first-order chi connectivity index (χ1) is 15.2. The van der Waals surface area contributed by atoms with Crippen molar-refractivity contribution >= 4 is 17.9 Å². The van der Waals surface area contributed by atoms with Crippen LogP contribution in [0.5, 0.6) is 0 Å². The van der Waals surface area contributed by atoms with E-state index in [0.29, 0.717) is 12.2 Å². The Morgan fingerprint density at radius 2 is 1.69 bits per heavy atom. The molecule has 0 aliphatic rings. The lowest BCUT2D eigenvalue weighted by Crippen LogP contribution is -2.11. The lowest BCUT2D eigenvalue weighted by Gasteiger charge is -2.20. The molecule has 1 aromatic heterocycles. The molecule has 0 aliphatic carbocycles. The number of hydrogen-bond donors (Lipinski definition) is 0. The first kappa shape index (κ1) is 23.5. The maximum atomic E-state index is 12.0. The molecule has 0 saturated heterocycles. The monoisotopic (exact) mass is 430 g/mol. The largest absolute Gasteiger partial charge is 0.462 e. The molecule has 4 nitrogen and oxygen atoms in total. The van der Waals surface area contributed by atoms with Crippen molar-refractivity contribution in [3.63, 3.8) is 0 Å². The smallest absolute Gasteiger partial charge is 0.338 e. The number of aliphatic imine (C=N–C) groups is 1. The fourth-order valence-corrected chi connectivity index (χ4v) is 3.65. The van der Waals surface area contributed by atoms with Crippen LogP contribution in [0.15, 0.2) is 59.6 Å². The zero-order valence-corrected chi connectivity index (χ0v) is 20.1. The van der Waals surface area contributed by atoms with Crippen molar-refractivity contribution in [3.05, 3.63) is 82.7 Å². The molecule has 0 aliphatic heterocycles. The molecule has 0 radical (unpaired) electrons. The molecule has 0 N–H and O–H groups in total. The van der Waals surface area contributed by atoms with E-state index >= 15 is 0 Å². The van der Waals surface area contributed by atoms with Crippen LogP contribution in [0.2, 0.25) is 0 Å². The highest BCUT2D eigenvalue weighted by molar-refractivity contribution is 5.90. The van der Waals surface area contributed by atoms with E-state index in [0.717, 1.165) is 41.2 Å². The number of benzene rings is 2. The quantitative estimate of drug-likeness (QED) is 0.228. The van der Waals surface area contributed by atoms with Gasteiger partial charge in [-0.2, -0.15) is 0 Å². The molecule has 3 aromatic rings. The van der Waals surface area contributed by atoms with Crippen molar-refractivity contribution in [1.82, 2.24) is 4.57 Å². The van der Waals surface area contributed by atoms with Crippen LogP contribution in [-0.4, -0.2) is 23.4 Å². The second-order valence-electron chi connectivity index (χ2n) is 9.25. The van der Waals surface area contributed by atoms with Gasteiger partial charge in [-0.15, -0.1) is 0 Å². The topological polar surface area (TPSA) is 43.6 Å². The Morgan fingerprint density at radius 3 is 2.28 bits per heavy atom. The molecule has 3 rings (SSSR count). The first-order valence-electron chi connectivity index (χ1n) is 11.3. The number of aromatic nitrogens is 1. The van der Waals surface area contributed by atoms with Crippen molar-refractivity contribution in [3.8, 4) is 5.69 Å².